The molecule has 0 radical (unpaired) electrons. The van der Waals surface area contributed by atoms with E-state index >= 15 is 0 Å². The van der Waals surface area contributed by atoms with Crippen LogP contribution in [-0.2, 0) is 11.3 Å². The summed E-state index contributed by atoms with van der Waals surface area (Å²) in [7, 11) is 0. The molecule has 4 nitrogen and oxygen atoms in total. The highest BCUT2D eigenvalue weighted by molar-refractivity contribution is 6.33. The molecule has 1 aromatic heterocycles. The van der Waals surface area contributed by atoms with Crippen LogP contribution in [0.2, 0.25) is 5.02 Å². The van der Waals surface area contributed by atoms with E-state index in [9.17, 15) is 0 Å². The van der Waals surface area contributed by atoms with Gasteiger partial charge in [-0.15, -0.1) is 0 Å². The Morgan fingerprint density at radius 1 is 1.37 bits per heavy atom. The number of hydrogen-bond acceptors (Lipinski definition) is 4. The topological polar surface area (TPSA) is 37.4 Å². The molecule has 0 bridgehead atoms. The number of halogens is 1. The van der Waals surface area contributed by atoms with Crippen molar-refractivity contribution in [2.75, 3.05) is 37.7 Å². The van der Waals surface area contributed by atoms with Gasteiger partial charge < -0.3 is 15.0 Å². The molecular formula is C14H24ClN3O. The quantitative estimate of drug-likeness (QED) is 0.708. The summed E-state index contributed by atoms with van der Waals surface area (Å²) in [5.74, 6) is 0.837. The van der Waals surface area contributed by atoms with Crippen molar-refractivity contribution in [1.29, 1.82) is 0 Å². The number of pyridine rings is 1. The Kier molecular flexibility index (Phi) is 7.79. The van der Waals surface area contributed by atoms with Crippen molar-refractivity contribution in [2.24, 2.45) is 0 Å². The molecule has 0 aliphatic heterocycles. The molecule has 0 spiro atoms. The Morgan fingerprint density at radius 3 is 2.74 bits per heavy atom. The van der Waals surface area contributed by atoms with Gasteiger partial charge in [0.05, 0.1) is 11.6 Å². The van der Waals surface area contributed by atoms with Gasteiger partial charge in [0, 0.05) is 32.4 Å². The molecular weight excluding hydrogens is 262 g/mol. The van der Waals surface area contributed by atoms with E-state index in [1.807, 2.05) is 19.2 Å². The van der Waals surface area contributed by atoms with Crippen LogP contribution in [0.3, 0.4) is 0 Å². The monoisotopic (exact) mass is 285 g/mol. The highest BCUT2D eigenvalue weighted by atomic mass is 35.5. The van der Waals surface area contributed by atoms with Crippen LogP contribution in [0.4, 0.5) is 5.82 Å². The summed E-state index contributed by atoms with van der Waals surface area (Å²) in [5.41, 5.74) is 1.11. The van der Waals surface area contributed by atoms with Crippen molar-refractivity contribution in [3.63, 3.8) is 0 Å². The third kappa shape index (κ3) is 5.35. The van der Waals surface area contributed by atoms with Crippen LogP contribution in [0, 0.1) is 0 Å². The summed E-state index contributed by atoms with van der Waals surface area (Å²) in [6.07, 6.45) is 1.88. The van der Waals surface area contributed by atoms with Gasteiger partial charge in [0.25, 0.3) is 0 Å². The van der Waals surface area contributed by atoms with Crippen molar-refractivity contribution in [3.05, 3.63) is 22.8 Å². The Labute approximate surface area is 121 Å². The molecule has 0 saturated carbocycles. The molecule has 0 aliphatic carbocycles. The summed E-state index contributed by atoms with van der Waals surface area (Å²) >= 11 is 6.32. The van der Waals surface area contributed by atoms with Gasteiger partial charge in [0.2, 0.25) is 0 Å². The number of aromatic nitrogens is 1. The number of nitrogens with one attached hydrogen (secondary N) is 1. The van der Waals surface area contributed by atoms with Crippen LogP contribution < -0.4 is 10.2 Å². The SMILES string of the molecule is CCNCc1cnc(N(CC)CCOCC)c(Cl)c1. The summed E-state index contributed by atoms with van der Waals surface area (Å²) in [4.78, 5) is 6.61. The van der Waals surface area contributed by atoms with E-state index in [4.69, 9.17) is 16.3 Å². The lowest BCUT2D eigenvalue weighted by molar-refractivity contribution is 0.154. The number of ether oxygens (including phenoxy) is 1. The molecule has 1 heterocycles. The molecule has 0 saturated heterocycles. The third-order valence-corrected chi connectivity index (χ3v) is 3.13. The number of hydrogen-bond donors (Lipinski definition) is 1. The van der Waals surface area contributed by atoms with Crippen molar-refractivity contribution < 1.29 is 4.74 Å². The van der Waals surface area contributed by atoms with Gasteiger partial charge in [-0.1, -0.05) is 18.5 Å². The summed E-state index contributed by atoms with van der Waals surface area (Å²) in [5, 5.41) is 3.97. The van der Waals surface area contributed by atoms with E-state index in [1.54, 1.807) is 0 Å². The van der Waals surface area contributed by atoms with Crippen LogP contribution >= 0.6 is 11.6 Å². The standard InChI is InChI=1S/C14H24ClN3O/c1-4-16-10-12-9-13(15)14(17-11-12)18(5-2)7-8-19-6-3/h9,11,16H,4-8,10H2,1-3H3. The van der Waals surface area contributed by atoms with E-state index in [1.165, 1.54) is 0 Å². The van der Waals surface area contributed by atoms with E-state index in [-0.39, 0.29) is 0 Å². The molecule has 1 N–H and O–H groups in total. The second-order valence-corrected chi connectivity index (χ2v) is 4.61. The fraction of sp³-hybridized carbons (Fsp3) is 0.643. The summed E-state index contributed by atoms with van der Waals surface area (Å²) in [6.45, 7) is 11.0. The van der Waals surface area contributed by atoms with Gasteiger partial charge in [-0.2, -0.15) is 0 Å². The van der Waals surface area contributed by atoms with Gasteiger partial charge in [0.1, 0.15) is 5.82 Å². The maximum absolute atomic E-state index is 6.32. The fourth-order valence-electron chi connectivity index (χ4n) is 1.80. The Hall–Kier alpha value is -0.840. The Bertz CT molecular complexity index is 374. The maximum atomic E-state index is 6.32. The molecule has 5 heteroatoms. The van der Waals surface area contributed by atoms with E-state index in [0.29, 0.717) is 11.6 Å². The van der Waals surface area contributed by atoms with Crippen molar-refractivity contribution in [2.45, 2.75) is 27.3 Å². The predicted molar refractivity (Wildman–Crippen MR) is 81.0 cm³/mol. The molecule has 0 aliphatic rings. The molecule has 19 heavy (non-hydrogen) atoms. The molecule has 0 atom stereocenters. The molecule has 1 rings (SSSR count). The lowest BCUT2D eigenvalue weighted by Gasteiger charge is -2.23. The first kappa shape index (κ1) is 16.2. The second-order valence-electron chi connectivity index (χ2n) is 4.21. The highest BCUT2D eigenvalue weighted by Gasteiger charge is 2.10. The number of nitrogens with zero attached hydrogens (tertiary/aromatic N) is 2. The lowest BCUT2D eigenvalue weighted by Crippen LogP contribution is -2.28. The maximum Gasteiger partial charge on any atom is 0.147 e. The molecule has 0 amide bonds. The molecule has 0 aromatic carbocycles. The zero-order valence-corrected chi connectivity index (χ0v) is 12.8. The van der Waals surface area contributed by atoms with Crippen LogP contribution in [0.5, 0.6) is 0 Å². The minimum atomic E-state index is 0.696. The molecule has 0 fully saturated rings. The molecule has 108 valence electrons. The van der Waals surface area contributed by atoms with E-state index in [2.05, 4.69) is 29.0 Å². The largest absolute Gasteiger partial charge is 0.380 e. The van der Waals surface area contributed by atoms with Crippen molar-refractivity contribution in [3.8, 4) is 0 Å². The average molecular weight is 286 g/mol. The van der Waals surface area contributed by atoms with Crippen LogP contribution in [-0.4, -0.2) is 37.8 Å². The van der Waals surface area contributed by atoms with Gasteiger partial charge in [0.15, 0.2) is 0 Å². The van der Waals surface area contributed by atoms with Gasteiger partial charge in [-0.05, 0) is 32.0 Å². The lowest BCUT2D eigenvalue weighted by atomic mass is 10.2. The zero-order valence-electron chi connectivity index (χ0n) is 12.1. The smallest absolute Gasteiger partial charge is 0.147 e. The van der Waals surface area contributed by atoms with E-state index < -0.39 is 0 Å². The normalized spacial score (nSPS) is 10.7. The fourth-order valence-corrected chi connectivity index (χ4v) is 2.11. The third-order valence-electron chi connectivity index (χ3n) is 2.85. The van der Waals surface area contributed by atoms with Crippen LogP contribution in [0.25, 0.3) is 0 Å². The predicted octanol–water partition coefficient (Wildman–Crippen LogP) is 2.71. The first-order valence-electron chi connectivity index (χ1n) is 6.90. The summed E-state index contributed by atoms with van der Waals surface area (Å²) < 4.78 is 5.38. The summed E-state index contributed by atoms with van der Waals surface area (Å²) in [6, 6.07) is 1.98. The second kappa shape index (κ2) is 9.13. The van der Waals surface area contributed by atoms with E-state index in [0.717, 1.165) is 44.2 Å². The van der Waals surface area contributed by atoms with Crippen molar-refractivity contribution >= 4 is 17.4 Å². The van der Waals surface area contributed by atoms with Crippen LogP contribution in [0.15, 0.2) is 12.3 Å². The molecule has 1 aromatic rings. The van der Waals surface area contributed by atoms with Gasteiger partial charge in [-0.3, -0.25) is 0 Å². The Balaban J connectivity index is 2.69. The molecule has 0 unspecified atom stereocenters. The van der Waals surface area contributed by atoms with Crippen LogP contribution in [0.1, 0.15) is 26.3 Å². The van der Waals surface area contributed by atoms with Gasteiger partial charge >= 0.3 is 0 Å². The Morgan fingerprint density at radius 2 is 2.16 bits per heavy atom. The number of rotatable bonds is 9. The minimum Gasteiger partial charge on any atom is -0.380 e. The van der Waals surface area contributed by atoms with Gasteiger partial charge in [-0.25, -0.2) is 4.98 Å². The minimum absolute atomic E-state index is 0.696. The highest BCUT2D eigenvalue weighted by Crippen LogP contribution is 2.23. The zero-order chi connectivity index (χ0) is 14.1. The first-order valence-corrected chi connectivity index (χ1v) is 7.28. The van der Waals surface area contributed by atoms with Crippen molar-refractivity contribution in [1.82, 2.24) is 10.3 Å². The number of anilines is 1. The first-order chi connectivity index (χ1) is 9.22. The average Bonchev–Trinajstić information content (AvgIpc) is 2.42. The number of likely N-dealkylation sites (N-methyl/N-ethyl adjacent to an activating group) is 1.